The first-order chi connectivity index (χ1) is 6.87. The maximum absolute atomic E-state index is 12.2. The molecule has 1 aliphatic heterocycles. The number of hydrogen-bond acceptors (Lipinski definition) is 4. The van der Waals surface area contributed by atoms with Crippen LogP contribution in [0.3, 0.4) is 0 Å². The zero-order valence-corrected chi connectivity index (χ0v) is 10.5. The monoisotopic (exact) mass is 235 g/mol. The number of rotatable bonds is 3. The zero-order valence-electron chi connectivity index (χ0n) is 9.64. The molecule has 0 aromatic carbocycles. The molecule has 0 bridgehead atoms. The molecule has 2 N–H and O–H groups in total. The van der Waals surface area contributed by atoms with Crippen LogP contribution in [-0.2, 0) is 14.6 Å². The number of nitrogens with two attached hydrogens (primary N) is 1. The van der Waals surface area contributed by atoms with E-state index in [1.807, 2.05) is 13.8 Å². The van der Waals surface area contributed by atoms with Gasteiger partial charge in [0.15, 0.2) is 9.84 Å². The molecule has 1 heterocycles. The molecule has 3 unspecified atom stereocenters. The molecular formula is C10H21NO3S. The lowest BCUT2D eigenvalue weighted by Gasteiger charge is -2.31. The number of hydrogen-bond donors (Lipinski definition) is 1. The van der Waals surface area contributed by atoms with Gasteiger partial charge in [0.1, 0.15) is 5.25 Å². The Morgan fingerprint density at radius 3 is 2.40 bits per heavy atom. The lowest BCUT2D eigenvalue weighted by atomic mass is 10.1. The van der Waals surface area contributed by atoms with Crippen LogP contribution in [0.1, 0.15) is 27.2 Å². The van der Waals surface area contributed by atoms with Crippen LogP contribution in [0.5, 0.6) is 0 Å². The first kappa shape index (κ1) is 12.9. The van der Waals surface area contributed by atoms with E-state index in [1.165, 1.54) is 0 Å². The minimum absolute atomic E-state index is 0.115. The average Bonchev–Trinajstić information content (AvgIpc) is 2.16. The predicted molar refractivity (Wildman–Crippen MR) is 60.4 cm³/mol. The highest BCUT2D eigenvalue weighted by molar-refractivity contribution is 7.92. The van der Waals surface area contributed by atoms with Gasteiger partial charge < -0.3 is 10.5 Å². The minimum atomic E-state index is -3.16. The van der Waals surface area contributed by atoms with Crippen molar-refractivity contribution in [2.24, 2.45) is 11.7 Å². The van der Waals surface area contributed by atoms with Gasteiger partial charge in [-0.25, -0.2) is 8.42 Å². The maximum atomic E-state index is 12.2. The fourth-order valence-corrected chi connectivity index (χ4v) is 3.94. The van der Waals surface area contributed by atoms with Gasteiger partial charge in [0.2, 0.25) is 0 Å². The van der Waals surface area contributed by atoms with Gasteiger partial charge in [0.05, 0.1) is 11.9 Å². The molecule has 0 aromatic heterocycles. The van der Waals surface area contributed by atoms with Gasteiger partial charge in [-0.3, -0.25) is 0 Å². The SMILES string of the molecule is CC(C)C(C)S(=O)(=O)C1COCCC1N. The van der Waals surface area contributed by atoms with Gasteiger partial charge in [-0.05, 0) is 19.3 Å². The van der Waals surface area contributed by atoms with Crippen LogP contribution in [0.2, 0.25) is 0 Å². The quantitative estimate of drug-likeness (QED) is 0.776. The van der Waals surface area contributed by atoms with Gasteiger partial charge >= 0.3 is 0 Å². The van der Waals surface area contributed by atoms with Crippen molar-refractivity contribution in [3.8, 4) is 0 Å². The van der Waals surface area contributed by atoms with Gasteiger partial charge in [-0.15, -0.1) is 0 Å². The molecule has 15 heavy (non-hydrogen) atoms. The van der Waals surface area contributed by atoms with E-state index >= 15 is 0 Å². The van der Waals surface area contributed by atoms with E-state index in [0.717, 1.165) is 0 Å². The molecule has 4 nitrogen and oxygen atoms in total. The molecular weight excluding hydrogens is 214 g/mol. The highest BCUT2D eigenvalue weighted by Gasteiger charge is 2.38. The topological polar surface area (TPSA) is 69.4 Å². The molecule has 0 aliphatic carbocycles. The average molecular weight is 235 g/mol. The Hall–Kier alpha value is -0.130. The predicted octanol–water partition coefficient (Wildman–Crippen LogP) is 0.562. The van der Waals surface area contributed by atoms with Gasteiger partial charge in [-0.2, -0.15) is 0 Å². The molecule has 0 radical (unpaired) electrons. The second-order valence-electron chi connectivity index (χ2n) is 4.60. The third-order valence-corrected chi connectivity index (χ3v) is 6.14. The molecule has 3 atom stereocenters. The fraction of sp³-hybridized carbons (Fsp3) is 1.00. The molecule has 1 aliphatic rings. The lowest BCUT2D eigenvalue weighted by Crippen LogP contribution is -2.50. The van der Waals surface area contributed by atoms with Crippen molar-refractivity contribution in [2.45, 2.75) is 43.7 Å². The Balaban J connectivity index is 2.84. The standard InChI is InChI=1S/C10H21NO3S/c1-7(2)8(3)15(12,13)10-6-14-5-4-9(10)11/h7-10H,4-6,11H2,1-3H3. The number of sulfone groups is 1. The second kappa shape index (κ2) is 4.80. The molecule has 1 fully saturated rings. The third kappa shape index (κ3) is 2.71. The van der Waals surface area contributed by atoms with Gasteiger partial charge in [-0.1, -0.05) is 13.8 Å². The van der Waals surface area contributed by atoms with Crippen LogP contribution in [0.15, 0.2) is 0 Å². The second-order valence-corrected chi connectivity index (χ2v) is 7.13. The van der Waals surface area contributed by atoms with E-state index in [-0.39, 0.29) is 23.8 Å². The Labute approximate surface area is 92.1 Å². The summed E-state index contributed by atoms with van der Waals surface area (Å²) in [6.45, 7) is 6.40. The summed E-state index contributed by atoms with van der Waals surface area (Å²) in [5.74, 6) is 0.115. The molecule has 90 valence electrons. The Morgan fingerprint density at radius 1 is 1.33 bits per heavy atom. The fourth-order valence-electron chi connectivity index (χ4n) is 1.72. The van der Waals surface area contributed by atoms with Crippen LogP contribution >= 0.6 is 0 Å². The summed E-state index contributed by atoms with van der Waals surface area (Å²) in [7, 11) is -3.16. The molecule has 0 saturated carbocycles. The highest BCUT2D eigenvalue weighted by Crippen LogP contribution is 2.22. The van der Waals surface area contributed by atoms with Crippen LogP contribution in [-0.4, -0.2) is 38.2 Å². The van der Waals surface area contributed by atoms with Crippen molar-refractivity contribution in [2.75, 3.05) is 13.2 Å². The first-order valence-corrected chi connectivity index (χ1v) is 7.04. The molecule has 0 spiro atoms. The normalized spacial score (nSPS) is 30.5. The van der Waals surface area contributed by atoms with E-state index in [2.05, 4.69) is 0 Å². The summed E-state index contributed by atoms with van der Waals surface area (Å²) < 4.78 is 29.6. The minimum Gasteiger partial charge on any atom is -0.380 e. The summed E-state index contributed by atoms with van der Waals surface area (Å²) in [4.78, 5) is 0. The van der Waals surface area contributed by atoms with E-state index < -0.39 is 15.1 Å². The van der Waals surface area contributed by atoms with Crippen molar-refractivity contribution in [1.82, 2.24) is 0 Å². The Kier molecular flexibility index (Phi) is 4.14. The van der Waals surface area contributed by atoms with Crippen molar-refractivity contribution >= 4 is 9.84 Å². The molecule has 5 heteroatoms. The zero-order chi connectivity index (χ0) is 11.6. The third-order valence-electron chi connectivity index (χ3n) is 3.23. The molecule has 1 saturated heterocycles. The van der Waals surface area contributed by atoms with E-state index in [0.29, 0.717) is 13.0 Å². The molecule has 0 aromatic rings. The van der Waals surface area contributed by atoms with Crippen molar-refractivity contribution < 1.29 is 13.2 Å². The maximum Gasteiger partial charge on any atom is 0.159 e. The van der Waals surface area contributed by atoms with Crippen molar-refractivity contribution in [1.29, 1.82) is 0 Å². The lowest BCUT2D eigenvalue weighted by molar-refractivity contribution is 0.0888. The smallest absolute Gasteiger partial charge is 0.159 e. The Bertz CT molecular complexity index is 300. The van der Waals surface area contributed by atoms with Crippen molar-refractivity contribution in [3.63, 3.8) is 0 Å². The van der Waals surface area contributed by atoms with Gasteiger partial charge in [0, 0.05) is 12.6 Å². The van der Waals surface area contributed by atoms with Crippen LogP contribution in [0.25, 0.3) is 0 Å². The van der Waals surface area contributed by atoms with Crippen LogP contribution in [0.4, 0.5) is 0 Å². The largest absolute Gasteiger partial charge is 0.380 e. The van der Waals surface area contributed by atoms with Crippen LogP contribution < -0.4 is 5.73 Å². The summed E-state index contributed by atoms with van der Waals surface area (Å²) in [6.07, 6.45) is 0.634. The van der Waals surface area contributed by atoms with E-state index in [4.69, 9.17) is 10.5 Å². The molecule has 0 amide bonds. The van der Waals surface area contributed by atoms with Crippen LogP contribution in [0, 0.1) is 5.92 Å². The summed E-state index contributed by atoms with van der Waals surface area (Å²) in [6, 6.07) is -0.273. The highest BCUT2D eigenvalue weighted by atomic mass is 32.2. The summed E-state index contributed by atoms with van der Waals surface area (Å²) >= 11 is 0. The number of ether oxygens (including phenoxy) is 1. The summed E-state index contributed by atoms with van der Waals surface area (Å²) in [5.41, 5.74) is 5.84. The Morgan fingerprint density at radius 2 is 1.93 bits per heavy atom. The summed E-state index contributed by atoms with van der Waals surface area (Å²) in [5, 5.41) is -0.876. The first-order valence-electron chi connectivity index (χ1n) is 5.43. The van der Waals surface area contributed by atoms with E-state index in [9.17, 15) is 8.42 Å². The molecule has 1 rings (SSSR count). The van der Waals surface area contributed by atoms with Gasteiger partial charge in [0.25, 0.3) is 0 Å². The van der Waals surface area contributed by atoms with E-state index in [1.54, 1.807) is 6.92 Å². The van der Waals surface area contributed by atoms with Crippen molar-refractivity contribution in [3.05, 3.63) is 0 Å².